The van der Waals surface area contributed by atoms with Crippen molar-refractivity contribution in [1.82, 2.24) is 19.4 Å². The number of nitrogens with one attached hydrogen (secondary N) is 1. The minimum atomic E-state index is -0.162. The summed E-state index contributed by atoms with van der Waals surface area (Å²) in [4.78, 5) is 12.4. The molecule has 1 aromatic carbocycles. The van der Waals surface area contributed by atoms with Crippen molar-refractivity contribution in [3.63, 3.8) is 0 Å². The van der Waals surface area contributed by atoms with E-state index in [2.05, 4.69) is 52.2 Å². The van der Waals surface area contributed by atoms with Crippen LogP contribution in [0.3, 0.4) is 0 Å². The van der Waals surface area contributed by atoms with E-state index in [9.17, 15) is 5.11 Å². The lowest BCUT2D eigenvalue weighted by molar-refractivity contribution is 0.111. The number of rotatable bonds is 8. The van der Waals surface area contributed by atoms with Gasteiger partial charge in [0.1, 0.15) is 5.65 Å². The van der Waals surface area contributed by atoms with Crippen molar-refractivity contribution >= 4 is 17.0 Å². The highest BCUT2D eigenvalue weighted by Gasteiger charge is 2.26. The van der Waals surface area contributed by atoms with E-state index < -0.39 is 0 Å². The zero-order chi connectivity index (χ0) is 24.5. The maximum absolute atomic E-state index is 10.1. The van der Waals surface area contributed by atoms with Gasteiger partial charge >= 0.3 is 0 Å². The summed E-state index contributed by atoms with van der Waals surface area (Å²) in [5.41, 5.74) is 4.83. The minimum absolute atomic E-state index is 0.162. The van der Waals surface area contributed by atoms with Gasteiger partial charge in [-0.3, -0.25) is 4.90 Å². The molecule has 2 saturated carbocycles. The third-order valence-electron chi connectivity index (χ3n) is 8.51. The molecule has 192 valence electrons. The summed E-state index contributed by atoms with van der Waals surface area (Å²) in [7, 11) is 0. The SMILES string of the molecule is CC(CC1CC1)Nc1ncc2c(-c3ccc(CN4CCCCC4)cc3)cn(C3CCC(O)CC3)c2n1. The first kappa shape index (κ1) is 23.9. The fraction of sp³-hybridized carbons (Fsp3) is 0.600. The second-order valence-corrected chi connectivity index (χ2v) is 11.6. The molecule has 6 heteroatoms. The highest BCUT2D eigenvalue weighted by atomic mass is 16.3. The smallest absolute Gasteiger partial charge is 0.224 e. The van der Waals surface area contributed by atoms with Crippen molar-refractivity contribution in [3.8, 4) is 11.1 Å². The lowest BCUT2D eigenvalue weighted by atomic mass is 9.93. The lowest BCUT2D eigenvalue weighted by Gasteiger charge is -2.27. The van der Waals surface area contributed by atoms with Crippen molar-refractivity contribution in [3.05, 3.63) is 42.2 Å². The van der Waals surface area contributed by atoms with Gasteiger partial charge in [-0.05, 0) is 82.0 Å². The topological polar surface area (TPSA) is 66.2 Å². The number of hydrogen-bond acceptors (Lipinski definition) is 5. The van der Waals surface area contributed by atoms with E-state index in [-0.39, 0.29) is 6.10 Å². The number of likely N-dealkylation sites (tertiary alicyclic amines) is 1. The standard InChI is InChI=1S/C30H41N5O/c1-21(17-22-5-6-22)32-30-31-18-27-28(20-35(29(27)33-30)25-11-13-26(36)14-12-25)24-9-7-23(8-10-24)19-34-15-3-2-4-16-34/h7-10,18,20-22,25-26,36H,2-6,11-17,19H2,1H3,(H,31,32,33). The van der Waals surface area contributed by atoms with Crippen LogP contribution in [0.4, 0.5) is 5.95 Å². The molecule has 3 aliphatic rings. The Balaban J connectivity index is 1.28. The fourth-order valence-electron chi connectivity index (χ4n) is 6.24. The zero-order valence-electron chi connectivity index (χ0n) is 21.7. The maximum Gasteiger partial charge on any atom is 0.224 e. The molecule has 3 fully saturated rings. The second kappa shape index (κ2) is 10.5. The molecule has 0 bridgehead atoms. The van der Waals surface area contributed by atoms with E-state index in [0.717, 1.165) is 55.1 Å². The van der Waals surface area contributed by atoms with Gasteiger partial charge in [0.2, 0.25) is 5.95 Å². The Bertz CT molecular complexity index is 1150. The third kappa shape index (κ3) is 5.45. The first-order valence-electron chi connectivity index (χ1n) is 14.3. The normalized spacial score (nSPS) is 24.2. The van der Waals surface area contributed by atoms with E-state index in [1.54, 1.807) is 0 Å². The molecule has 6 nitrogen and oxygen atoms in total. The molecule has 1 aliphatic heterocycles. The Morgan fingerprint density at radius 2 is 1.75 bits per heavy atom. The Kier molecular flexibility index (Phi) is 6.98. The Morgan fingerprint density at radius 3 is 2.47 bits per heavy atom. The molecular formula is C30H41N5O. The van der Waals surface area contributed by atoms with Gasteiger partial charge in [-0.2, -0.15) is 4.98 Å². The van der Waals surface area contributed by atoms with Crippen LogP contribution < -0.4 is 5.32 Å². The van der Waals surface area contributed by atoms with Gasteiger partial charge in [-0.15, -0.1) is 0 Å². The molecule has 1 atom stereocenters. The van der Waals surface area contributed by atoms with Gasteiger partial charge in [0.25, 0.3) is 0 Å². The highest BCUT2D eigenvalue weighted by Crippen LogP contribution is 2.37. The van der Waals surface area contributed by atoms with Gasteiger partial charge in [0.05, 0.1) is 6.10 Å². The summed E-state index contributed by atoms with van der Waals surface area (Å²) in [5.74, 6) is 1.60. The molecule has 3 aromatic rings. The summed E-state index contributed by atoms with van der Waals surface area (Å²) in [6.45, 7) is 5.73. The summed E-state index contributed by atoms with van der Waals surface area (Å²) >= 11 is 0. The van der Waals surface area contributed by atoms with Crippen molar-refractivity contribution in [2.75, 3.05) is 18.4 Å². The van der Waals surface area contributed by atoms with Crippen LogP contribution in [0.25, 0.3) is 22.2 Å². The van der Waals surface area contributed by atoms with E-state index in [0.29, 0.717) is 12.1 Å². The molecular weight excluding hydrogens is 446 g/mol. The minimum Gasteiger partial charge on any atom is -0.393 e. The summed E-state index contributed by atoms with van der Waals surface area (Å²) in [6.07, 6.45) is 15.8. The molecule has 2 N–H and O–H groups in total. The van der Waals surface area contributed by atoms with Crippen LogP contribution in [0.1, 0.15) is 82.7 Å². The molecule has 0 amide bonds. The van der Waals surface area contributed by atoms with Crippen LogP contribution in [-0.2, 0) is 6.54 Å². The van der Waals surface area contributed by atoms with E-state index >= 15 is 0 Å². The second-order valence-electron chi connectivity index (χ2n) is 11.6. The first-order valence-corrected chi connectivity index (χ1v) is 14.3. The molecule has 0 radical (unpaired) electrons. The maximum atomic E-state index is 10.1. The molecule has 1 unspecified atom stereocenters. The monoisotopic (exact) mass is 487 g/mol. The van der Waals surface area contributed by atoms with E-state index in [1.807, 2.05) is 6.20 Å². The highest BCUT2D eigenvalue weighted by molar-refractivity contribution is 5.94. The molecule has 3 heterocycles. The van der Waals surface area contributed by atoms with E-state index in [4.69, 9.17) is 9.97 Å². The summed E-state index contributed by atoms with van der Waals surface area (Å²) in [5, 5.41) is 14.8. The van der Waals surface area contributed by atoms with Crippen molar-refractivity contribution in [2.45, 2.75) is 95.9 Å². The molecule has 2 aromatic heterocycles. The van der Waals surface area contributed by atoms with Gasteiger partial charge in [-0.1, -0.05) is 43.5 Å². The quantitative estimate of drug-likeness (QED) is 0.398. The fourth-order valence-corrected chi connectivity index (χ4v) is 6.24. The number of aliphatic hydroxyl groups excluding tert-OH is 1. The predicted molar refractivity (Wildman–Crippen MR) is 146 cm³/mol. The Morgan fingerprint density at radius 1 is 1.00 bits per heavy atom. The third-order valence-corrected chi connectivity index (χ3v) is 8.51. The molecule has 0 spiro atoms. The van der Waals surface area contributed by atoms with Crippen LogP contribution in [0.5, 0.6) is 0 Å². The Hall–Kier alpha value is -2.44. The zero-order valence-corrected chi connectivity index (χ0v) is 21.7. The number of benzene rings is 1. The number of piperidine rings is 1. The van der Waals surface area contributed by atoms with Crippen LogP contribution >= 0.6 is 0 Å². The molecule has 1 saturated heterocycles. The number of aromatic nitrogens is 3. The van der Waals surface area contributed by atoms with E-state index in [1.165, 1.54) is 68.3 Å². The van der Waals surface area contributed by atoms with Crippen molar-refractivity contribution < 1.29 is 5.11 Å². The van der Waals surface area contributed by atoms with Gasteiger partial charge in [0, 0.05) is 42.0 Å². The van der Waals surface area contributed by atoms with Crippen LogP contribution in [0.2, 0.25) is 0 Å². The van der Waals surface area contributed by atoms with Gasteiger partial charge in [0.15, 0.2) is 0 Å². The largest absolute Gasteiger partial charge is 0.393 e. The van der Waals surface area contributed by atoms with Crippen LogP contribution in [0.15, 0.2) is 36.7 Å². The number of anilines is 1. The number of nitrogens with zero attached hydrogens (tertiary/aromatic N) is 4. The van der Waals surface area contributed by atoms with Crippen LogP contribution in [-0.4, -0.2) is 49.8 Å². The van der Waals surface area contributed by atoms with Gasteiger partial charge < -0.3 is 15.0 Å². The lowest BCUT2D eigenvalue weighted by Crippen LogP contribution is -2.28. The molecule has 36 heavy (non-hydrogen) atoms. The first-order chi connectivity index (χ1) is 17.6. The Labute approximate surface area is 215 Å². The number of fused-ring (bicyclic) bond motifs is 1. The van der Waals surface area contributed by atoms with Crippen molar-refractivity contribution in [2.24, 2.45) is 5.92 Å². The van der Waals surface area contributed by atoms with Crippen LogP contribution in [0, 0.1) is 5.92 Å². The average molecular weight is 488 g/mol. The average Bonchev–Trinajstić information content (AvgIpc) is 3.63. The molecule has 6 rings (SSSR count). The number of aliphatic hydroxyl groups is 1. The number of hydrogen-bond donors (Lipinski definition) is 2. The summed E-state index contributed by atoms with van der Waals surface area (Å²) in [6, 6.07) is 9.88. The predicted octanol–water partition coefficient (Wildman–Crippen LogP) is 6.16. The summed E-state index contributed by atoms with van der Waals surface area (Å²) < 4.78 is 2.37. The van der Waals surface area contributed by atoms with Crippen molar-refractivity contribution in [1.29, 1.82) is 0 Å². The van der Waals surface area contributed by atoms with Gasteiger partial charge in [-0.25, -0.2) is 4.98 Å². The molecule has 2 aliphatic carbocycles.